The molecule has 0 bridgehead atoms. The van der Waals surface area contributed by atoms with Crippen LogP contribution in [-0.2, 0) is 26.7 Å². The number of hydrogen-bond acceptors (Lipinski definition) is 4. The minimum absolute atomic E-state index is 0.117. The normalized spacial score (nSPS) is 26.1. The average Bonchev–Trinajstić information content (AvgIpc) is 3.19. The number of nitrogens with one attached hydrogen (secondary N) is 2. The fourth-order valence-corrected chi connectivity index (χ4v) is 5.70. The predicted molar refractivity (Wildman–Crippen MR) is 124 cm³/mol. The lowest BCUT2D eigenvalue weighted by Gasteiger charge is -2.33. The van der Waals surface area contributed by atoms with Crippen LogP contribution < -0.4 is 10.7 Å². The quantitative estimate of drug-likeness (QED) is 0.308. The number of carbonyl (C=O) groups excluding carboxylic acids is 4. The zero-order valence-electron chi connectivity index (χ0n) is 21.0. The lowest BCUT2D eigenvalue weighted by molar-refractivity contribution is -0.146. The molecule has 3 aliphatic rings. The van der Waals surface area contributed by atoms with E-state index in [2.05, 4.69) is 10.7 Å². The first kappa shape index (κ1) is 29.9. The summed E-state index contributed by atoms with van der Waals surface area (Å²) in [5.41, 5.74) is -5.27. The minimum Gasteiger partial charge on any atom is -0.356 e. The maximum absolute atomic E-state index is 13.7. The monoisotopic (exact) mass is 600 g/mol. The molecule has 2 N–H and O–H groups in total. The number of benzene rings is 1. The molecule has 40 heavy (non-hydrogen) atoms. The van der Waals surface area contributed by atoms with E-state index in [4.69, 9.17) is 11.6 Å². The summed E-state index contributed by atoms with van der Waals surface area (Å²) in [6.45, 7) is 3.19. The van der Waals surface area contributed by atoms with E-state index in [9.17, 15) is 49.9 Å². The second kappa shape index (κ2) is 10.1. The van der Waals surface area contributed by atoms with Crippen LogP contribution in [0.2, 0.25) is 0 Å². The van der Waals surface area contributed by atoms with E-state index in [1.807, 2.05) is 0 Å². The van der Waals surface area contributed by atoms with Gasteiger partial charge in [0.25, 0.3) is 23.4 Å². The molecule has 16 heteroatoms. The van der Waals surface area contributed by atoms with Crippen molar-refractivity contribution in [2.75, 3.05) is 19.6 Å². The van der Waals surface area contributed by atoms with Gasteiger partial charge in [-0.05, 0) is 41.9 Å². The highest BCUT2D eigenvalue weighted by molar-refractivity contribution is 6.29. The summed E-state index contributed by atoms with van der Waals surface area (Å²) in [6.07, 6.45) is -10.1. The molecule has 0 aromatic heterocycles. The Hall–Kier alpha value is -3.10. The average molecular weight is 601 g/mol. The van der Waals surface area contributed by atoms with E-state index in [-0.39, 0.29) is 43.6 Å². The Kier molecular flexibility index (Phi) is 7.52. The zero-order chi connectivity index (χ0) is 29.9. The largest absolute Gasteiger partial charge is 0.416 e. The van der Waals surface area contributed by atoms with Gasteiger partial charge in [-0.15, -0.1) is 0 Å². The van der Waals surface area contributed by atoms with Crippen LogP contribution in [-0.4, -0.2) is 64.8 Å². The van der Waals surface area contributed by atoms with Gasteiger partial charge in [0.15, 0.2) is 0 Å². The highest BCUT2D eigenvalue weighted by Gasteiger charge is 2.69. The molecule has 1 aromatic carbocycles. The molecule has 0 unspecified atom stereocenters. The number of carbonyl (C=O) groups is 4. The summed E-state index contributed by atoms with van der Waals surface area (Å²) in [4.78, 5) is 52.0. The first-order valence-electron chi connectivity index (χ1n) is 12.1. The van der Waals surface area contributed by atoms with Crippen molar-refractivity contribution in [1.82, 2.24) is 20.7 Å². The highest BCUT2D eigenvalue weighted by Crippen LogP contribution is 2.65. The highest BCUT2D eigenvalue weighted by atomic mass is 35.5. The van der Waals surface area contributed by atoms with Gasteiger partial charge >= 0.3 is 12.4 Å². The molecule has 0 spiro atoms. The van der Waals surface area contributed by atoms with Crippen molar-refractivity contribution in [3.63, 3.8) is 0 Å². The molecule has 2 saturated heterocycles. The number of hydrazine groups is 1. The van der Waals surface area contributed by atoms with E-state index >= 15 is 0 Å². The third-order valence-corrected chi connectivity index (χ3v) is 8.02. The van der Waals surface area contributed by atoms with Crippen LogP contribution in [0.3, 0.4) is 0 Å². The molecule has 5 atom stereocenters. The summed E-state index contributed by atoms with van der Waals surface area (Å²) in [5.74, 6) is -5.84. The Morgan fingerprint density at radius 3 is 2.17 bits per heavy atom. The van der Waals surface area contributed by atoms with Gasteiger partial charge in [0.2, 0.25) is 5.91 Å². The number of likely N-dealkylation sites (tertiary alicyclic amines) is 1. The van der Waals surface area contributed by atoms with Crippen molar-refractivity contribution in [3.05, 3.63) is 34.9 Å². The second-order valence-corrected chi connectivity index (χ2v) is 11.0. The van der Waals surface area contributed by atoms with E-state index in [1.54, 1.807) is 13.8 Å². The summed E-state index contributed by atoms with van der Waals surface area (Å²) < 4.78 is 93.9. The fourth-order valence-electron chi connectivity index (χ4n) is 5.59. The van der Waals surface area contributed by atoms with Gasteiger partial charge in [0.05, 0.1) is 23.6 Å². The number of halogens is 8. The van der Waals surface area contributed by atoms with E-state index in [0.29, 0.717) is 5.01 Å². The van der Waals surface area contributed by atoms with Crippen molar-refractivity contribution in [1.29, 1.82) is 0 Å². The molecule has 4 amide bonds. The standard InChI is InChI=1S/C24H24ClF7N4O4/c1-22(2)14-9-35(20(39)11-5-12(23(27,28)29)7-13(6-11)24(30,31)32)16(15(14)22)19(38)34-36(21(40)17(25)26)8-10-3-4-33-18(10)37/h5-7,10,14-17H,3-4,8-9H2,1-2H3,(H,33,37)(H,34,38)/t10-,14-,15-,16-,17-/m0/s1. The van der Waals surface area contributed by atoms with Crippen LogP contribution in [0.5, 0.6) is 0 Å². The lowest BCUT2D eigenvalue weighted by atomic mass is 9.98. The molecule has 8 nitrogen and oxygen atoms in total. The van der Waals surface area contributed by atoms with Gasteiger partial charge in [0, 0.05) is 18.7 Å². The first-order valence-corrected chi connectivity index (χ1v) is 12.6. The summed E-state index contributed by atoms with van der Waals surface area (Å²) in [7, 11) is 0. The van der Waals surface area contributed by atoms with E-state index in [0.717, 1.165) is 4.90 Å². The third kappa shape index (κ3) is 5.56. The van der Waals surface area contributed by atoms with Gasteiger partial charge < -0.3 is 10.2 Å². The Labute approximate surface area is 228 Å². The second-order valence-electron chi connectivity index (χ2n) is 10.7. The molecule has 3 fully saturated rings. The molecular weight excluding hydrogens is 577 g/mol. The van der Waals surface area contributed by atoms with Crippen LogP contribution in [0.1, 0.15) is 41.8 Å². The number of amides is 4. The van der Waals surface area contributed by atoms with Gasteiger partial charge in [-0.2, -0.15) is 26.3 Å². The molecular formula is C24H24ClF7N4O4. The molecule has 1 aliphatic carbocycles. The van der Waals surface area contributed by atoms with Crippen molar-refractivity contribution in [3.8, 4) is 0 Å². The fraction of sp³-hybridized carbons (Fsp3) is 0.583. The van der Waals surface area contributed by atoms with E-state index < -0.39 is 88.1 Å². The lowest BCUT2D eigenvalue weighted by Crippen LogP contribution is -2.57. The Bertz CT molecular complexity index is 1200. The Balaban J connectivity index is 1.65. The molecule has 2 aliphatic heterocycles. The third-order valence-electron chi connectivity index (χ3n) is 7.84. The van der Waals surface area contributed by atoms with Crippen LogP contribution in [0.15, 0.2) is 18.2 Å². The maximum atomic E-state index is 13.7. The maximum Gasteiger partial charge on any atom is 0.416 e. The smallest absolute Gasteiger partial charge is 0.356 e. The minimum atomic E-state index is -5.19. The van der Waals surface area contributed by atoms with Crippen LogP contribution in [0.4, 0.5) is 30.7 Å². The van der Waals surface area contributed by atoms with Gasteiger partial charge in [-0.1, -0.05) is 25.4 Å². The number of hydrogen-bond donors (Lipinski definition) is 2. The van der Waals surface area contributed by atoms with Gasteiger partial charge in [-0.3, -0.25) is 24.6 Å². The van der Waals surface area contributed by atoms with Gasteiger partial charge in [0.1, 0.15) is 6.04 Å². The molecule has 1 saturated carbocycles. The Morgan fingerprint density at radius 2 is 1.70 bits per heavy atom. The van der Waals surface area contributed by atoms with Crippen molar-refractivity contribution >= 4 is 35.2 Å². The van der Waals surface area contributed by atoms with Crippen LogP contribution >= 0.6 is 11.6 Å². The molecule has 1 aromatic rings. The molecule has 0 radical (unpaired) electrons. The number of alkyl halides is 8. The number of piperidine rings is 1. The van der Waals surface area contributed by atoms with Crippen molar-refractivity contribution in [2.45, 2.75) is 44.3 Å². The zero-order valence-corrected chi connectivity index (χ0v) is 21.8. The summed E-state index contributed by atoms with van der Waals surface area (Å²) >= 11 is 5.27. The van der Waals surface area contributed by atoms with Crippen molar-refractivity contribution < 1.29 is 49.9 Å². The number of nitrogens with zero attached hydrogens (tertiary/aromatic N) is 2. The van der Waals surface area contributed by atoms with Crippen molar-refractivity contribution in [2.24, 2.45) is 23.2 Å². The summed E-state index contributed by atoms with van der Waals surface area (Å²) in [6, 6.07) is -0.986. The SMILES string of the molecule is CC1(C)[C@@H]2[C@@H](C(=O)NN(C[C@@H]3CCNC3=O)C(=O)[C@H](F)Cl)N(C(=O)c3cc(C(F)(F)F)cc(C(F)(F)F)c3)C[C@@H]21. The Morgan fingerprint density at radius 1 is 1.12 bits per heavy atom. The molecule has 220 valence electrons. The summed E-state index contributed by atoms with van der Waals surface area (Å²) in [5, 5.41) is 3.02. The van der Waals surface area contributed by atoms with Crippen LogP contribution in [0.25, 0.3) is 0 Å². The van der Waals surface area contributed by atoms with E-state index in [1.165, 1.54) is 0 Å². The molecule has 2 heterocycles. The first-order chi connectivity index (χ1) is 18.3. The predicted octanol–water partition coefficient (Wildman–Crippen LogP) is 3.35. The number of rotatable bonds is 5. The van der Waals surface area contributed by atoms with Crippen LogP contribution in [0, 0.1) is 23.2 Å². The number of fused-ring (bicyclic) bond motifs is 1. The molecule has 4 rings (SSSR count). The topological polar surface area (TPSA) is 98.8 Å². The van der Waals surface area contributed by atoms with Gasteiger partial charge in [-0.25, -0.2) is 9.40 Å².